The number of hydrogen-bond acceptors (Lipinski definition) is 3. The minimum absolute atomic E-state index is 0.0741. The first-order valence-electron chi connectivity index (χ1n) is 9.02. The Morgan fingerprint density at radius 3 is 2.37 bits per heavy atom. The molecule has 2 aromatic rings. The number of carbonyl (C=O) groups excluding carboxylic acids is 1. The average Bonchev–Trinajstić information content (AvgIpc) is 2.69. The van der Waals surface area contributed by atoms with Gasteiger partial charge in [-0.25, -0.2) is 4.39 Å². The van der Waals surface area contributed by atoms with Crippen LogP contribution in [0.1, 0.15) is 6.42 Å². The Morgan fingerprint density at radius 2 is 1.70 bits per heavy atom. The smallest absolute Gasteiger partial charge is 0.224 e. The van der Waals surface area contributed by atoms with Gasteiger partial charge in [-0.05, 0) is 36.4 Å². The van der Waals surface area contributed by atoms with E-state index in [0.29, 0.717) is 32.0 Å². The van der Waals surface area contributed by atoms with E-state index in [1.807, 2.05) is 35.2 Å². The number of nitrogens with zero attached hydrogens (tertiary/aromatic N) is 3. The Morgan fingerprint density at radius 1 is 1.04 bits per heavy atom. The highest BCUT2D eigenvalue weighted by molar-refractivity contribution is 5.92. The molecule has 6 nitrogen and oxygen atoms in total. The molecular weight excluding hydrogens is 345 g/mol. The molecule has 3 rings (SSSR count). The molecule has 0 bridgehead atoms. The fraction of sp³-hybridized carbons (Fsp3) is 0.300. The molecule has 2 aromatic carbocycles. The number of piperazine rings is 1. The lowest BCUT2D eigenvalue weighted by atomic mass is 10.2. The van der Waals surface area contributed by atoms with Crippen molar-refractivity contribution in [3.63, 3.8) is 0 Å². The summed E-state index contributed by atoms with van der Waals surface area (Å²) in [4.78, 5) is 20.6. The van der Waals surface area contributed by atoms with E-state index in [2.05, 4.69) is 15.2 Å². The molecule has 1 heterocycles. The molecule has 0 aliphatic carbocycles. The van der Waals surface area contributed by atoms with Crippen LogP contribution in [0, 0.1) is 5.82 Å². The summed E-state index contributed by atoms with van der Waals surface area (Å²) >= 11 is 0. The van der Waals surface area contributed by atoms with E-state index in [4.69, 9.17) is 5.73 Å². The third-order valence-corrected chi connectivity index (χ3v) is 4.48. The minimum Gasteiger partial charge on any atom is -0.370 e. The second-order valence-electron chi connectivity index (χ2n) is 6.35. The molecule has 1 fully saturated rings. The van der Waals surface area contributed by atoms with Crippen LogP contribution in [0.3, 0.4) is 0 Å². The summed E-state index contributed by atoms with van der Waals surface area (Å²) in [5.74, 6) is 0.134. The van der Waals surface area contributed by atoms with Gasteiger partial charge in [-0.1, -0.05) is 18.2 Å². The Hall–Kier alpha value is -3.09. The highest BCUT2D eigenvalue weighted by atomic mass is 19.1. The van der Waals surface area contributed by atoms with Gasteiger partial charge in [-0.15, -0.1) is 0 Å². The maximum absolute atomic E-state index is 13.0. The molecule has 0 unspecified atom stereocenters. The molecule has 0 saturated carbocycles. The van der Waals surface area contributed by atoms with Crippen LogP contribution in [-0.2, 0) is 4.79 Å². The number of halogens is 1. The van der Waals surface area contributed by atoms with Crippen molar-refractivity contribution in [2.45, 2.75) is 6.42 Å². The molecule has 1 amide bonds. The topological polar surface area (TPSA) is 74.0 Å². The van der Waals surface area contributed by atoms with Crippen LogP contribution < -0.4 is 16.0 Å². The minimum atomic E-state index is -0.242. The zero-order chi connectivity index (χ0) is 19.1. The lowest BCUT2D eigenvalue weighted by molar-refractivity contribution is -0.131. The van der Waals surface area contributed by atoms with Crippen LogP contribution in [0.5, 0.6) is 0 Å². The molecular formula is C20H24FN5O. The molecule has 1 saturated heterocycles. The Kier molecular flexibility index (Phi) is 6.25. The third kappa shape index (κ3) is 5.44. The predicted octanol–water partition coefficient (Wildman–Crippen LogP) is 2.29. The second-order valence-corrected chi connectivity index (χ2v) is 6.35. The SMILES string of the molecule is NC(=NCCC(=O)N1CCN(c2ccc(F)cc2)CC1)Nc1ccccc1. The van der Waals surface area contributed by atoms with Crippen molar-refractivity contribution >= 4 is 23.2 Å². The van der Waals surface area contributed by atoms with Crippen molar-refractivity contribution in [1.29, 1.82) is 0 Å². The highest BCUT2D eigenvalue weighted by Gasteiger charge is 2.20. The normalized spacial score (nSPS) is 14.9. The third-order valence-electron chi connectivity index (χ3n) is 4.48. The van der Waals surface area contributed by atoms with Crippen LogP contribution >= 0.6 is 0 Å². The van der Waals surface area contributed by atoms with Crippen molar-refractivity contribution in [3.8, 4) is 0 Å². The predicted molar refractivity (Wildman–Crippen MR) is 106 cm³/mol. The summed E-state index contributed by atoms with van der Waals surface area (Å²) in [6, 6.07) is 16.0. The van der Waals surface area contributed by atoms with Crippen molar-refractivity contribution in [3.05, 3.63) is 60.4 Å². The molecule has 0 aromatic heterocycles. The number of para-hydroxylation sites is 1. The van der Waals surface area contributed by atoms with Crippen LogP contribution in [0.2, 0.25) is 0 Å². The fourth-order valence-electron chi connectivity index (χ4n) is 3.00. The summed E-state index contributed by atoms with van der Waals surface area (Å²) in [7, 11) is 0. The van der Waals surface area contributed by atoms with E-state index in [9.17, 15) is 9.18 Å². The number of anilines is 2. The summed E-state index contributed by atoms with van der Waals surface area (Å²) in [6.45, 7) is 3.12. The van der Waals surface area contributed by atoms with Gasteiger partial charge in [0.25, 0.3) is 0 Å². The van der Waals surface area contributed by atoms with Gasteiger partial charge in [0.05, 0.1) is 6.54 Å². The molecule has 142 valence electrons. The lowest BCUT2D eigenvalue weighted by Crippen LogP contribution is -2.48. The number of amides is 1. The first kappa shape index (κ1) is 18.7. The molecule has 0 radical (unpaired) electrons. The molecule has 27 heavy (non-hydrogen) atoms. The Labute approximate surface area is 158 Å². The number of nitrogens with two attached hydrogens (primary N) is 1. The van der Waals surface area contributed by atoms with E-state index in [0.717, 1.165) is 24.5 Å². The molecule has 3 N–H and O–H groups in total. The van der Waals surface area contributed by atoms with Crippen LogP contribution in [0.15, 0.2) is 59.6 Å². The van der Waals surface area contributed by atoms with Crippen molar-refractivity contribution in [2.24, 2.45) is 10.7 Å². The highest BCUT2D eigenvalue weighted by Crippen LogP contribution is 2.17. The number of hydrogen-bond donors (Lipinski definition) is 2. The van der Waals surface area contributed by atoms with Gasteiger partial charge in [-0.2, -0.15) is 0 Å². The molecule has 0 atom stereocenters. The fourth-order valence-corrected chi connectivity index (χ4v) is 3.00. The van der Waals surface area contributed by atoms with Crippen molar-refractivity contribution in [1.82, 2.24) is 4.90 Å². The lowest BCUT2D eigenvalue weighted by Gasteiger charge is -2.36. The standard InChI is InChI=1S/C20H24FN5O/c21-16-6-8-18(9-7-16)25-12-14-26(15-13-25)19(27)10-11-23-20(22)24-17-4-2-1-3-5-17/h1-9H,10-15H2,(H3,22,23,24). The quantitative estimate of drug-likeness (QED) is 0.626. The Balaban J connectivity index is 1.41. The number of carbonyl (C=O) groups is 1. The second kappa shape index (κ2) is 9.02. The van der Waals surface area contributed by atoms with Gasteiger partial charge in [0, 0.05) is 44.0 Å². The monoisotopic (exact) mass is 369 g/mol. The van der Waals surface area contributed by atoms with Gasteiger partial charge in [0.2, 0.25) is 5.91 Å². The van der Waals surface area contributed by atoms with Crippen molar-refractivity contribution < 1.29 is 9.18 Å². The van der Waals surface area contributed by atoms with E-state index in [1.165, 1.54) is 12.1 Å². The van der Waals surface area contributed by atoms with Crippen LogP contribution in [-0.4, -0.2) is 49.5 Å². The molecule has 7 heteroatoms. The summed E-state index contributed by atoms with van der Waals surface area (Å²) in [5, 5.41) is 2.99. The average molecular weight is 369 g/mol. The van der Waals surface area contributed by atoms with Gasteiger partial charge < -0.3 is 20.9 Å². The maximum atomic E-state index is 13.0. The number of rotatable bonds is 5. The van der Waals surface area contributed by atoms with Crippen LogP contribution in [0.25, 0.3) is 0 Å². The van der Waals surface area contributed by atoms with Gasteiger partial charge in [0.1, 0.15) is 5.82 Å². The Bertz CT molecular complexity index is 771. The van der Waals surface area contributed by atoms with Gasteiger partial charge >= 0.3 is 0 Å². The van der Waals surface area contributed by atoms with Crippen LogP contribution in [0.4, 0.5) is 15.8 Å². The van der Waals surface area contributed by atoms with E-state index in [-0.39, 0.29) is 11.7 Å². The summed E-state index contributed by atoms with van der Waals surface area (Å²) in [6.07, 6.45) is 0.327. The van der Waals surface area contributed by atoms with Crippen molar-refractivity contribution in [2.75, 3.05) is 42.9 Å². The maximum Gasteiger partial charge on any atom is 0.224 e. The van der Waals surface area contributed by atoms with E-state index < -0.39 is 0 Å². The van der Waals surface area contributed by atoms with Gasteiger partial charge in [0.15, 0.2) is 5.96 Å². The largest absolute Gasteiger partial charge is 0.370 e. The number of aliphatic imine (C=N–C) groups is 1. The van der Waals surface area contributed by atoms with E-state index >= 15 is 0 Å². The summed E-state index contributed by atoms with van der Waals surface area (Å²) < 4.78 is 13.0. The first-order valence-corrected chi connectivity index (χ1v) is 9.02. The molecule has 1 aliphatic rings. The first-order chi connectivity index (χ1) is 13.1. The number of guanidine groups is 1. The van der Waals surface area contributed by atoms with Gasteiger partial charge in [-0.3, -0.25) is 9.79 Å². The number of nitrogens with one attached hydrogen (secondary N) is 1. The zero-order valence-corrected chi connectivity index (χ0v) is 15.1. The summed E-state index contributed by atoms with van der Waals surface area (Å²) in [5.41, 5.74) is 7.69. The number of benzene rings is 2. The van der Waals surface area contributed by atoms with E-state index in [1.54, 1.807) is 12.1 Å². The molecule has 1 aliphatic heterocycles. The zero-order valence-electron chi connectivity index (χ0n) is 15.1. The molecule has 0 spiro atoms.